The second kappa shape index (κ2) is 16.0. The molecule has 222 valence electrons. The summed E-state index contributed by atoms with van der Waals surface area (Å²) in [5.41, 5.74) is -1.96. The second-order valence-electron chi connectivity index (χ2n) is 10.3. The van der Waals surface area contributed by atoms with Crippen molar-refractivity contribution in [2.75, 3.05) is 0 Å². The molecule has 13 heteroatoms. The zero-order valence-electron chi connectivity index (χ0n) is 23.2. The minimum Gasteiger partial charge on any atom is -0.303 e. The molecule has 3 aromatic rings. The maximum absolute atomic E-state index is 15.4. The maximum Gasteiger partial charge on any atom is 0.470 e. The number of rotatable bonds is 20. The first-order valence-electron chi connectivity index (χ1n) is 14.1. The Morgan fingerprint density at radius 3 is 1.75 bits per heavy atom. The van der Waals surface area contributed by atoms with Crippen LogP contribution in [0.1, 0.15) is 95.1 Å². The highest BCUT2D eigenvalue weighted by atomic mass is 31.2. The number of aromatic nitrogens is 6. The molecule has 0 bridgehead atoms. The molecule has 2 N–H and O–H groups in total. The molecule has 2 aromatic heterocycles. The third-order valence-corrected chi connectivity index (χ3v) is 7.58. The van der Waals surface area contributed by atoms with E-state index in [0.29, 0.717) is 12.8 Å². The van der Waals surface area contributed by atoms with E-state index in [2.05, 4.69) is 27.1 Å². The third kappa shape index (κ3) is 10.5. The first-order chi connectivity index (χ1) is 19.2. The standard InChI is InChI=1S/C27H41F2N6O4P/c1-2-3-4-5-6-7-8-9-10-11-12-13-14-23-15-24(26(29)16-25(23)28)27(39-40(36,37)38,17-34-21-30-19-32-34)18-35-22-31-20-33-35/h15-16,19-22H,2-14,17-18H2,1H3,(H2,36,37,38). The Morgan fingerprint density at radius 2 is 1.30 bits per heavy atom. The monoisotopic (exact) mass is 582 g/mol. The number of nitrogens with zero attached hydrogens (tertiary/aromatic N) is 6. The average molecular weight is 583 g/mol. The van der Waals surface area contributed by atoms with E-state index in [1.54, 1.807) is 0 Å². The van der Waals surface area contributed by atoms with Crippen LogP contribution < -0.4 is 0 Å². The molecular formula is C27H41F2N6O4P. The fourth-order valence-electron chi connectivity index (χ4n) is 5.00. The molecule has 10 nitrogen and oxygen atoms in total. The third-order valence-electron chi connectivity index (χ3n) is 6.99. The Balaban J connectivity index is 1.68. The second-order valence-corrected chi connectivity index (χ2v) is 11.5. The fourth-order valence-corrected chi connectivity index (χ4v) is 5.67. The smallest absolute Gasteiger partial charge is 0.303 e. The van der Waals surface area contributed by atoms with Gasteiger partial charge in [0.2, 0.25) is 0 Å². The van der Waals surface area contributed by atoms with Gasteiger partial charge < -0.3 is 9.79 Å². The molecule has 0 radical (unpaired) electrons. The summed E-state index contributed by atoms with van der Waals surface area (Å²) in [5, 5.41) is 8.00. The number of halogens is 2. The zero-order chi connectivity index (χ0) is 28.8. The summed E-state index contributed by atoms with van der Waals surface area (Å²) in [6.07, 6.45) is 19.4. The SMILES string of the molecule is CCCCCCCCCCCCCCc1cc(C(Cn2cncn2)(Cn2cncn2)OP(=O)(O)O)c(F)cc1F. The highest BCUT2D eigenvalue weighted by molar-refractivity contribution is 7.46. The van der Waals surface area contributed by atoms with Crippen molar-refractivity contribution in [2.45, 2.75) is 109 Å². The molecule has 0 fully saturated rings. The van der Waals surface area contributed by atoms with Gasteiger partial charge in [-0.05, 0) is 24.5 Å². The van der Waals surface area contributed by atoms with E-state index in [1.165, 1.54) is 92.1 Å². The van der Waals surface area contributed by atoms with Crippen molar-refractivity contribution in [3.63, 3.8) is 0 Å². The van der Waals surface area contributed by atoms with Gasteiger partial charge in [-0.25, -0.2) is 32.7 Å². The highest BCUT2D eigenvalue weighted by Crippen LogP contribution is 2.48. The van der Waals surface area contributed by atoms with Crippen molar-refractivity contribution in [3.8, 4) is 0 Å². The molecule has 0 aliphatic rings. The van der Waals surface area contributed by atoms with E-state index in [4.69, 9.17) is 4.52 Å². The van der Waals surface area contributed by atoms with Crippen LogP contribution in [-0.2, 0) is 34.2 Å². The number of hydrogen-bond acceptors (Lipinski definition) is 6. The van der Waals surface area contributed by atoms with Crippen LogP contribution in [0, 0.1) is 11.6 Å². The van der Waals surface area contributed by atoms with Crippen LogP contribution in [-0.4, -0.2) is 39.3 Å². The number of phosphoric acid groups is 1. The molecule has 0 spiro atoms. The van der Waals surface area contributed by atoms with Crippen LogP contribution in [0.5, 0.6) is 0 Å². The average Bonchev–Trinajstić information content (AvgIpc) is 3.59. The summed E-state index contributed by atoms with van der Waals surface area (Å²) in [4.78, 5) is 27.3. The molecule has 0 saturated carbocycles. The van der Waals surface area contributed by atoms with Gasteiger partial charge in [0.25, 0.3) is 0 Å². The molecule has 0 aliphatic carbocycles. The highest BCUT2D eigenvalue weighted by Gasteiger charge is 2.44. The van der Waals surface area contributed by atoms with E-state index >= 15 is 4.39 Å². The first kappa shape index (κ1) is 32.0. The summed E-state index contributed by atoms with van der Waals surface area (Å²) in [6, 6.07) is 2.04. The molecule has 3 rings (SSSR count). The Morgan fingerprint density at radius 1 is 0.800 bits per heavy atom. The number of aryl methyl sites for hydroxylation is 1. The quantitative estimate of drug-likeness (QED) is 0.121. The largest absolute Gasteiger partial charge is 0.470 e. The zero-order valence-corrected chi connectivity index (χ0v) is 24.1. The molecule has 0 amide bonds. The lowest BCUT2D eigenvalue weighted by atomic mass is 9.90. The molecule has 40 heavy (non-hydrogen) atoms. The maximum atomic E-state index is 15.4. The lowest BCUT2D eigenvalue weighted by Crippen LogP contribution is -2.40. The van der Waals surface area contributed by atoms with Crippen molar-refractivity contribution in [2.24, 2.45) is 0 Å². The molecule has 0 atom stereocenters. The Hall–Kier alpha value is -2.53. The van der Waals surface area contributed by atoms with Gasteiger partial charge in [0.05, 0.1) is 13.1 Å². The topological polar surface area (TPSA) is 128 Å². The Kier molecular flexibility index (Phi) is 12.8. The van der Waals surface area contributed by atoms with Crippen molar-refractivity contribution in [1.82, 2.24) is 29.5 Å². The number of phosphoric ester groups is 1. The predicted molar refractivity (Wildman–Crippen MR) is 146 cm³/mol. The van der Waals surface area contributed by atoms with Crippen molar-refractivity contribution < 1.29 is 27.7 Å². The van der Waals surface area contributed by atoms with Crippen LogP contribution in [0.3, 0.4) is 0 Å². The minimum atomic E-state index is -5.17. The molecule has 1 aromatic carbocycles. The minimum absolute atomic E-state index is 0.211. The van der Waals surface area contributed by atoms with Gasteiger partial charge >= 0.3 is 7.82 Å². The summed E-state index contributed by atoms with van der Waals surface area (Å²) in [6.45, 7) is 1.58. The molecule has 0 unspecified atom stereocenters. The lowest BCUT2D eigenvalue weighted by molar-refractivity contribution is -0.00833. The van der Waals surface area contributed by atoms with Crippen molar-refractivity contribution in [1.29, 1.82) is 0 Å². The van der Waals surface area contributed by atoms with E-state index in [-0.39, 0.29) is 24.2 Å². The van der Waals surface area contributed by atoms with Gasteiger partial charge in [-0.2, -0.15) is 10.2 Å². The predicted octanol–water partition coefficient (Wildman–Crippen LogP) is 6.10. The molecule has 0 saturated heterocycles. The Bertz CT molecular complexity index is 1140. The van der Waals surface area contributed by atoms with Gasteiger partial charge in [-0.3, -0.25) is 4.52 Å². The van der Waals surface area contributed by atoms with Gasteiger partial charge in [-0.15, -0.1) is 0 Å². The van der Waals surface area contributed by atoms with Crippen molar-refractivity contribution >= 4 is 7.82 Å². The first-order valence-corrected chi connectivity index (χ1v) is 15.6. The number of benzene rings is 1. The van der Waals surface area contributed by atoms with Gasteiger partial charge in [0.15, 0.2) is 0 Å². The van der Waals surface area contributed by atoms with Gasteiger partial charge in [0, 0.05) is 11.6 Å². The summed E-state index contributed by atoms with van der Waals surface area (Å²) >= 11 is 0. The van der Waals surface area contributed by atoms with Crippen LogP contribution in [0.2, 0.25) is 0 Å². The number of hydrogen-bond donors (Lipinski definition) is 2. The van der Waals surface area contributed by atoms with Gasteiger partial charge in [0.1, 0.15) is 42.5 Å². The van der Waals surface area contributed by atoms with Crippen LogP contribution in [0.15, 0.2) is 37.4 Å². The lowest BCUT2D eigenvalue weighted by Gasteiger charge is -2.34. The fraction of sp³-hybridized carbons (Fsp3) is 0.630. The van der Waals surface area contributed by atoms with E-state index in [1.807, 2.05) is 0 Å². The molecular weight excluding hydrogens is 541 g/mol. The van der Waals surface area contributed by atoms with E-state index < -0.39 is 25.1 Å². The molecule has 0 aliphatic heterocycles. The van der Waals surface area contributed by atoms with Crippen LogP contribution >= 0.6 is 7.82 Å². The van der Waals surface area contributed by atoms with Crippen LogP contribution in [0.25, 0.3) is 0 Å². The van der Waals surface area contributed by atoms with E-state index in [9.17, 15) is 18.7 Å². The normalized spacial score (nSPS) is 12.3. The van der Waals surface area contributed by atoms with Crippen molar-refractivity contribution in [3.05, 3.63) is 60.2 Å². The Labute approximate surface area is 234 Å². The summed E-state index contributed by atoms with van der Waals surface area (Å²) in [5.74, 6) is -1.71. The summed E-state index contributed by atoms with van der Waals surface area (Å²) < 4.78 is 50.1. The molecule has 2 heterocycles. The van der Waals surface area contributed by atoms with Gasteiger partial charge in [-0.1, -0.05) is 77.6 Å². The summed E-state index contributed by atoms with van der Waals surface area (Å²) in [7, 11) is -5.17. The number of unbranched alkanes of at least 4 members (excludes halogenated alkanes) is 11. The van der Waals surface area contributed by atoms with Crippen LogP contribution in [0.4, 0.5) is 8.78 Å². The van der Waals surface area contributed by atoms with E-state index in [0.717, 1.165) is 25.3 Å².